The van der Waals surface area contributed by atoms with Gasteiger partial charge in [-0.05, 0) is 30.6 Å². The molecule has 116 valence electrons. The Morgan fingerprint density at radius 3 is 2.38 bits per heavy atom. The predicted octanol–water partition coefficient (Wildman–Crippen LogP) is 2.60. The van der Waals surface area contributed by atoms with Crippen molar-refractivity contribution >= 4 is 11.9 Å². The normalized spacial score (nSPS) is 35.0. The molecule has 3 rings (SSSR count). The molecule has 0 aromatic heterocycles. The molecule has 0 heterocycles. The van der Waals surface area contributed by atoms with E-state index >= 15 is 0 Å². The Bertz CT molecular complexity index is 439. The van der Waals surface area contributed by atoms with Crippen molar-refractivity contribution in [2.75, 3.05) is 6.54 Å². The van der Waals surface area contributed by atoms with Gasteiger partial charge < -0.3 is 10.4 Å². The number of allylic oxidation sites excluding steroid dienone is 2. The van der Waals surface area contributed by atoms with Crippen LogP contribution < -0.4 is 5.32 Å². The van der Waals surface area contributed by atoms with Crippen molar-refractivity contribution in [2.45, 2.75) is 44.9 Å². The Kier molecular flexibility index (Phi) is 4.32. The van der Waals surface area contributed by atoms with Gasteiger partial charge >= 0.3 is 5.97 Å². The average Bonchev–Trinajstić information content (AvgIpc) is 3.08. The lowest BCUT2D eigenvalue weighted by Gasteiger charge is -2.25. The van der Waals surface area contributed by atoms with Gasteiger partial charge in [-0.25, -0.2) is 0 Å². The van der Waals surface area contributed by atoms with Crippen LogP contribution in [0, 0.1) is 29.6 Å². The minimum absolute atomic E-state index is 0.0462. The third-order valence-electron chi connectivity index (χ3n) is 5.62. The van der Waals surface area contributed by atoms with Crippen LogP contribution >= 0.6 is 0 Å². The first-order valence-corrected chi connectivity index (χ1v) is 8.35. The summed E-state index contributed by atoms with van der Waals surface area (Å²) < 4.78 is 0. The van der Waals surface area contributed by atoms with Crippen LogP contribution in [0.4, 0.5) is 0 Å². The number of nitrogens with one attached hydrogen (secondary N) is 1. The first-order chi connectivity index (χ1) is 10.2. The molecule has 0 spiro atoms. The molecule has 21 heavy (non-hydrogen) atoms. The molecule has 0 radical (unpaired) electrons. The van der Waals surface area contributed by atoms with Gasteiger partial charge in [-0.3, -0.25) is 9.59 Å². The summed E-state index contributed by atoms with van der Waals surface area (Å²) in [5.41, 5.74) is 0. The number of carbonyl (C=O) groups is 2. The predicted molar refractivity (Wildman–Crippen MR) is 79.6 cm³/mol. The maximum Gasteiger partial charge on any atom is 0.307 e. The smallest absolute Gasteiger partial charge is 0.307 e. The molecule has 2 N–H and O–H groups in total. The van der Waals surface area contributed by atoms with Crippen LogP contribution in [0.1, 0.15) is 44.9 Å². The highest BCUT2D eigenvalue weighted by Crippen LogP contribution is 2.48. The number of fused-ring (bicyclic) bond motifs is 2. The standard InChI is InChI=1S/C17H25NO3/c19-16(18-9-8-11-4-2-1-3-5-11)14-12-6-7-13(10-12)15(14)17(20)21/h6-7,11-15H,1-5,8-10H2,(H,18,19)(H,20,21). The van der Waals surface area contributed by atoms with Crippen LogP contribution in [0.2, 0.25) is 0 Å². The van der Waals surface area contributed by atoms with Crippen LogP contribution in [-0.2, 0) is 9.59 Å². The van der Waals surface area contributed by atoms with E-state index in [0.29, 0.717) is 6.54 Å². The Labute approximate surface area is 126 Å². The van der Waals surface area contributed by atoms with Crippen molar-refractivity contribution in [3.8, 4) is 0 Å². The van der Waals surface area contributed by atoms with Gasteiger partial charge in [0.15, 0.2) is 0 Å². The second kappa shape index (κ2) is 6.20. The lowest BCUT2D eigenvalue weighted by atomic mass is 9.82. The molecule has 3 aliphatic carbocycles. The summed E-state index contributed by atoms with van der Waals surface area (Å²) in [4.78, 5) is 23.8. The summed E-state index contributed by atoms with van der Waals surface area (Å²) in [6, 6.07) is 0. The van der Waals surface area contributed by atoms with Gasteiger partial charge in [0.1, 0.15) is 0 Å². The number of carbonyl (C=O) groups excluding carboxylic acids is 1. The number of carboxylic acids is 1. The number of hydrogen-bond donors (Lipinski definition) is 2. The minimum Gasteiger partial charge on any atom is -0.481 e. The summed E-state index contributed by atoms with van der Waals surface area (Å²) in [6.07, 6.45) is 12.4. The molecule has 4 nitrogen and oxygen atoms in total. The quantitative estimate of drug-likeness (QED) is 0.765. The zero-order chi connectivity index (χ0) is 14.8. The highest BCUT2D eigenvalue weighted by atomic mass is 16.4. The third-order valence-corrected chi connectivity index (χ3v) is 5.62. The topological polar surface area (TPSA) is 66.4 Å². The van der Waals surface area contributed by atoms with Crippen molar-refractivity contribution < 1.29 is 14.7 Å². The zero-order valence-corrected chi connectivity index (χ0v) is 12.5. The van der Waals surface area contributed by atoms with Crippen molar-refractivity contribution in [3.63, 3.8) is 0 Å². The van der Waals surface area contributed by atoms with Crippen LogP contribution in [0.3, 0.4) is 0 Å². The lowest BCUT2D eigenvalue weighted by molar-refractivity contribution is -0.147. The molecule has 1 amide bonds. The molecule has 4 atom stereocenters. The molecule has 2 bridgehead atoms. The van der Waals surface area contributed by atoms with Crippen molar-refractivity contribution in [1.82, 2.24) is 5.32 Å². The summed E-state index contributed by atoms with van der Waals surface area (Å²) in [6.45, 7) is 0.702. The summed E-state index contributed by atoms with van der Waals surface area (Å²) in [5.74, 6) is -0.811. The summed E-state index contributed by atoms with van der Waals surface area (Å²) >= 11 is 0. The molecule has 0 aromatic carbocycles. The SMILES string of the molecule is O=C(O)C1C2C=CC(C2)C1C(=O)NCCC1CCCCC1. The lowest BCUT2D eigenvalue weighted by Crippen LogP contribution is -2.40. The number of aliphatic carboxylic acids is 1. The van der Waals surface area contributed by atoms with Gasteiger partial charge in [0.25, 0.3) is 0 Å². The molecule has 2 saturated carbocycles. The van der Waals surface area contributed by atoms with E-state index in [1.54, 1.807) is 0 Å². The van der Waals surface area contributed by atoms with E-state index < -0.39 is 11.9 Å². The highest BCUT2D eigenvalue weighted by Gasteiger charge is 2.51. The van der Waals surface area contributed by atoms with Crippen molar-refractivity contribution in [2.24, 2.45) is 29.6 Å². The maximum atomic E-state index is 12.4. The van der Waals surface area contributed by atoms with Crippen LogP contribution in [0.15, 0.2) is 12.2 Å². The van der Waals surface area contributed by atoms with Crippen LogP contribution in [0.25, 0.3) is 0 Å². The van der Waals surface area contributed by atoms with E-state index in [-0.39, 0.29) is 23.7 Å². The second-order valence-electron chi connectivity index (χ2n) is 6.92. The first kappa shape index (κ1) is 14.6. The van der Waals surface area contributed by atoms with Gasteiger partial charge in [-0.15, -0.1) is 0 Å². The van der Waals surface area contributed by atoms with E-state index in [0.717, 1.165) is 18.8 Å². The number of hydrogen-bond acceptors (Lipinski definition) is 2. The van der Waals surface area contributed by atoms with E-state index in [4.69, 9.17) is 0 Å². The first-order valence-electron chi connectivity index (χ1n) is 8.35. The molecule has 3 aliphatic rings. The molecular formula is C17H25NO3. The van der Waals surface area contributed by atoms with E-state index in [2.05, 4.69) is 5.32 Å². The second-order valence-corrected chi connectivity index (χ2v) is 6.92. The minimum atomic E-state index is -0.820. The number of carboxylic acid groups (broad SMARTS) is 1. The number of amides is 1. The van der Waals surface area contributed by atoms with E-state index in [1.165, 1.54) is 32.1 Å². The van der Waals surface area contributed by atoms with Crippen molar-refractivity contribution in [1.29, 1.82) is 0 Å². The Hall–Kier alpha value is -1.32. The summed E-state index contributed by atoms with van der Waals surface area (Å²) in [7, 11) is 0. The van der Waals surface area contributed by atoms with E-state index in [1.807, 2.05) is 12.2 Å². The Balaban J connectivity index is 1.50. The van der Waals surface area contributed by atoms with Gasteiger partial charge in [-0.2, -0.15) is 0 Å². The van der Waals surface area contributed by atoms with Gasteiger partial charge in [-0.1, -0.05) is 44.3 Å². The van der Waals surface area contributed by atoms with Gasteiger partial charge in [0, 0.05) is 6.54 Å². The molecule has 0 aromatic rings. The van der Waals surface area contributed by atoms with Gasteiger partial charge in [0.2, 0.25) is 5.91 Å². The Morgan fingerprint density at radius 1 is 1.05 bits per heavy atom. The third kappa shape index (κ3) is 2.99. The molecular weight excluding hydrogens is 266 g/mol. The molecule has 4 unspecified atom stereocenters. The van der Waals surface area contributed by atoms with Crippen molar-refractivity contribution in [3.05, 3.63) is 12.2 Å². The molecule has 4 heteroatoms. The molecule has 2 fully saturated rings. The van der Waals surface area contributed by atoms with Gasteiger partial charge in [0.05, 0.1) is 11.8 Å². The van der Waals surface area contributed by atoms with E-state index in [9.17, 15) is 14.7 Å². The fraction of sp³-hybridized carbons (Fsp3) is 0.765. The zero-order valence-electron chi connectivity index (χ0n) is 12.5. The molecule has 0 aliphatic heterocycles. The average molecular weight is 291 g/mol. The van der Waals surface area contributed by atoms with Crippen LogP contribution in [-0.4, -0.2) is 23.5 Å². The van der Waals surface area contributed by atoms with Crippen LogP contribution in [0.5, 0.6) is 0 Å². The summed E-state index contributed by atoms with van der Waals surface area (Å²) in [5, 5.41) is 12.4. The fourth-order valence-corrected chi connectivity index (χ4v) is 4.51. The maximum absolute atomic E-state index is 12.4. The Morgan fingerprint density at radius 2 is 1.71 bits per heavy atom. The molecule has 0 saturated heterocycles. The number of rotatable bonds is 5. The fourth-order valence-electron chi connectivity index (χ4n) is 4.51. The highest BCUT2D eigenvalue weighted by molar-refractivity contribution is 5.86. The monoisotopic (exact) mass is 291 g/mol. The largest absolute Gasteiger partial charge is 0.481 e.